The van der Waals surface area contributed by atoms with E-state index in [0.717, 1.165) is 6.42 Å². The number of anilines is 1. The molecule has 0 saturated heterocycles. The minimum absolute atomic E-state index is 0.124. The van der Waals surface area contributed by atoms with Crippen LogP contribution in [0.3, 0.4) is 0 Å². The van der Waals surface area contributed by atoms with E-state index in [4.69, 9.17) is 0 Å². The molecule has 3 rings (SSSR count). The van der Waals surface area contributed by atoms with Crippen molar-refractivity contribution in [3.05, 3.63) is 66.0 Å². The number of nitrogens with zero attached hydrogens (tertiary/aromatic N) is 2. The smallest absolute Gasteiger partial charge is 0.255 e. The predicted molar refractivity (Wildman–Crippen MR) is 95.8 cm³/mol. The van der Waals surface area contributed by atoms with Crippen LogP contribution in [0, 0.1) is 0 Å². The van der Waals surface area contributed by atoms with Gasteiger partial charge in [-0.25, -0.2) is 8.42 Å². The third-order valence-corrected chi connectivity index (χ3v) is 5.91. The van der Waals surface area contributed by atoms with Gasteiger partial charge in [0.1, 0.15) is 0 Å². The highest BCUT2D eigenvalue weighted by atomic mass is 32.2. The maximum Gasteiger partial charge on any atom is 0.255 e. The van der Waals surface area contributed by atoms with Crippen LogP contribution in [-0.4, -0.2) is 36.7 Å². The molecule has 1 aromatic heterocycles. The van der Waals surface area contributed by atoms with Crippen LogP contribution in [0.5, 0.6) is 0 Å². The van der Waals surface area contributed by atoms with Crippen molar-refractivity contribution in [1.82, 2.24) is 9.29 Å². The van der Waals surface area contributed by atoms with Gasteiger partial charge in [-0.15, -0.1) is 0 Å². The van der Waals surface area contributed by atoms with Gasteiger partial charge < -0.3 is 5.32 Å². The van der Waals surface area contributed by atoms with E-state index in [9.17, 15) is 13.2 Å². The first-order valence-corrected chi connectivity index (χ1v) is 9.38. The van der Waals surface area contributed by atoms with Gasteiger partial charge in [-0.05, 0) is 43.7 Å². The van der Waals surface area contributed by atoms with E-state index in [1.165, 1.54) is 28.2 Å². The molecule has 0 atom stereocenters. The van der Waals surface area contributed by atoms with Crippen LogP contribution in [0.15, 0.2) is 65.3 Å². The van der Waals surface area contributed by atoms with E-state index < -0.39 is 10.0 Å². The van der Waals surface area contributed by atoms with Gasteiger partial charge in [0.25, 0.3) is 5.91 Å². The summed E-state index contributed by atoms with van der Waals surface area (Å²) in [6.45, 7) is 2.81. The maximum absolute atomic E-state index is 12.8. The molecule has 0 radical (unpaired) electrons. The predicted octanol–water partition coefficient (Wildman–Crippen LogP) is 2.67. The first-order valence-electron chi connectivity index (χ1n) is 7.94. The average Bonchev–Trinajstić information content (AvgIpc) is 2.63. The highest BCUT2D eigenvalue weighted by molar-refractivity contribution is 7.89. The first kappa shape index (κ1) is 17.3. The molecule has 6 nitrogen and oxygen atoms in total. The van der Waals surface area contributed by atoms with Crippen molar-refractivity contribution in [3.63, 3.8) is 0 Å². The summed E-state index contributed by atoms with van der Waals surface area (Å²) in [5.74, 6) is -0.376. The van der Waals surface area contributed by atoms with Crippen LogP contribution >= 0.6 is 0 Å². The van der Waals surface area contributed by atoms with Crippen LogP contribution in [0.4, 0.5) is 5.69 Å². The average molecular weight is 357 g/mol. The van der Waals surface area contributed by atoms with Gasteiger partial charge in [0.2, 0.25) is 10.0 Å². The molecule has 1 aliphatic heterocycles. The number of pyridine rings is 1. The van der Waals surface area contributed by atoms with E-state index >= 15 is 0 Å². The Hall–Kier alpha value is -2.51. The molecule has 1 amide bonds. The van der Waals surface area contributed by atoms with Crippen molar-refractivity contribution in [3.8, 4) is 0 Å². The minimum Gasteiger partial charge on any atom is -0.321 e. The Morgan fingerprint density at radius 3 is 2.76 bits per heavy atom. The Kier molecular flexibility index (Phi) is 4.96. The van der Waals surface area contributed by atoms with Gasteiger partial charge in [-0.1, -0.05) is 17.7 Å². The SMILES string of the molecule is CC1=CCN(S(=O)(=O)c2cccc(C(=O)Nc3cccnc3)c2)CC1. The van der Waals surface area contributed by atoms with Crippen molar-refractivity contribution < 1.29 is 13.2 Å². The van der Waals surface area contributed by atoms with E-state index in [1.54, 1.807) is 30.5 Å². The summed E-state index contributed by atoms with van der Waals surface area (Å²) in [6, 6.07) is 9.52. The topological polar surface area (TPSA) is 79.4 Å². The fourth-order valence-electron chi connectivity index (χ4n) is 2.56. The van der Waals surface area contributed by atoms with Crippen molar-refractivity contribution in [2.75, 3.05) is 18.4 Å². The van der Waals surface area contributed by atoms with Crippen molar-refractivity contribution in [1.29, 1.82) is 0 Å². The van der Waals surface area contributed by atoms with Crippen LogP contribution in [0.1, 0.15) is 23.7 Å². The molecule has 1 aromatic carbocycles. The molecule has 2 heterocycles. The van der Waals surface area contributed by atoms with E-state index in [2.05, 4.69) is 10.3 Å². The summed E-state index contributed by atoms with van der Waals surface area (Å²) in [5, 5.41) is 2.70. The molecular weight excluding hydrogens is 338 g/mol. The number of benzene rings is 1. The Bertz CT molecular complexity index is 908. The van der Waals surface area contributed by atoms with Gasteiger partial charge in [-0.2, -0.15) is 4.31 Å². The molecule has 25 heavy (non-hydrogen) atoms. The quantitative estimate of drug-likeness (QED) is 0.853. The molecule has 0 bridgehead atoms. The highest BCUT2D eigenvalue weighted by Crippen LogP contribution is 2.21. The van der Waals surface area contributed by atoms with E-state index in [0.29, 0.717) is 18.8 Å². The molecule has 1 N–H and O–H groups in total. The zero-order chi connectivity index (χ0) is 17.9. The van der Waals surface area contributed by atoms with E-state index in [1.807, 2.05) is 13.0 Å². The van der Waals surface area contributed by atoms with Crippen LogP contribution in [0.25, 0.3) is 0 Å². The molecule has 2 aromatic rings. The van der Waals surface area contributed by atoms with Gasteiger partial charge in [-0.3, -0.25) is 9.78 Å². The minimum atomic E-state index is -3.62. The number of hydrogen-bond acceptors (Lipinski definition) is 4. The molecule has 0 saturated carbocycles. The fraction of sp³-hybridized carbons (Fsp3) is 0.222. The third kappa shape index (κ3) is 3.94. The number of carbonyl (C=O) groups excluding carboxylic acids is 1. The lowest BCUT2D eigenvalue weighted by molar-refractivity contribution is 0.102. The number of sulfonamides is 1. The van der Waals surface area contributed by atoms with Crippen LogP contribution < -0.4 is 5.32 Å². The summed E-state index contributed by atoms with van der Waals surface area (Å²) in [6.07, 6.45) is 5.78. The molecule has 0 aliphatic carbocycles. The monoisotopic (exact) mass is 357 g/mol. The highest BCUT2D eigenvalue weighted by Gasteiger charge is 2.26. The number of nitrogens with one attached hydrogen (secondary N) is 1. The second-order valence-corrected chi connectivity index (χ2v) is 7.83. The molecule has 0 spiro atoms. The molecule has 130 valence electrons. The Labute approximate surface area is 147 Å². The summed E-state index contributed by atoms with van der Waals surface area (Å²) in [7, 11) is -3.62. The molecule has 7 heteroatoms. The molecule has 0 unspecified atom stereocenters. The lowest BCUT2D eigenvalue weighted by Crippen LogP contribution is -2.34. The second-order valence-electron chi connectivity index (χ2n) is 5.89. The lowest BCUT2D eigenvalue weighted by atomic mass is 10.1. The fourth-order valence-corrected chi connectivity index (χ4v) is 3.98. The molecule has 0 fully saturated rings. The van der Waals surface area contributed by atoms with Gasteiger partial charge in [0.15, 0.2) is 0 Å². The number of rotatable bonds is 4. The second kappa shape index (κ2) is 7.16. The Morgan fingerprint density at radius 2 is 2.08 bits per heavy atom. The number of hydrogen-bond donors (Lipinski definition) is 1. The third-order valence-electron chi connectivity index (χ3n) is 4.05. The van der Waals surface area contributed by atoms with Crippen LogP contribution in [0.2, 0.25) is 0 Å². The molecule has 1 aliphatic rings. The van der Waals surface area contributed by atoms with Crippen molar-refractivity contribution in [2.45, 2.75) is 18.2 Å². The number of carbonyl (C=O) groups is 1. The first-order chi connectivity index (χ1) is 12.0. The van der Waals surface area contributed by atoms with Gasteiger partial charge in [0, 0.05) is 24.8 Å². The zero-order valence-electron chi connectivity index (χ0n) is 13.8. The summed E-state index contributed by atoms with van der Waals surface area (Å²) in [5.41, 5.74) is 2.03. The van der Waals surface area contributed by atoms with Gasteiger partial charge in [0.05, 0.1) is 16.8 Å². The maximum atomic E-state index is 12.8. The van der Waals surface area contributed by atoms with Gasteiger partial charge >= 0.3 is 0 Å². The van der Waals surface area contributed by atoms with Crippen molar-refractivity contribution >= 4 is 21.6 Å². The summed E-state index contributed by atoms with van der Waals surface area (Å²) < 4.78 is 27.0. The number of aromatic nitrogens is 1. The van der Waals surface area contributed by atoms with Crippen molar-refractivity contribution in [2.24, 2.45) is 0 Å². The lowest BCUT2D eigenvalue weighted by Gasteiger charge is -2.24. The Balaban J connectivity index is 1.82. The number of amides is 1. The normalized spacial score (nSPS) is 15.5. The summed E-state index contributed by atoms with van der Waals surface area (Å²) in [4.78, 5) is 16.4. The standard InChI is InChI=1S/C18H19N3O3S/c1-14-7-10-21(11-8-14)25(23,24)17-6-2-4-15(12-17)18(22)20-16-5-3-9-19-13-16/h2-7,9,12-13H,8,10-11H2,1H3,(H,20,22). The zero-order valence-corrected chi connectivity index (χ0v) is 14.7. The van der Waals surface area contributed by atoms with E-state index in [-0.39, 0.29) is 16.4 Å². The largest absolute Gasteiger partial charge is 0.321 e. The van der Waals surface area contributed by atoms with Crippen LogP contribution in [-0.2, 0) is 10.0 Å². The summed E-state index contributed by atoms with van der Waals surface area (Å²) >= 11 is 0. The Morgan fingerprint density at radius 1 is 1.24 bits per heavy atom. The molecular formula is C18H19N3O3S.